The summed E-state index contributed by atoms with van der Waals surface area (Å²) in [4.78, 5) is 42.2. The number of imide groups is 1. The molecule has 3 heterocycles. The molecule has 0 spiro atoms. The van der Waals surface area contributed by atoms with E-state index in [1.54, 1.807) is 0 Å². The van der Waals surface area contributed by atoms with Crippen LogP contribution in [0.1, 0.15) is 43.3 Å². The van der Waals surface area contributed by atoms with Crippen molar-refractivity contribution in [2.45, 2.75) is 52.6 Å². The maximum absolute atomic E-state index is 12.8. The summed E-state index contributed by atoms with van der Waals surface area (Å²) >= 11 is 0. The average molecular weight is 437 g/mol. The van der Waals surface area contributed by atoms with Crippen molar-refractivity contribution >= 4 is 34.4 Å². The zero-order valence-electron chi connectivity index (χ0n) is 18.7. The maximum atomic E-state index is 12.8. The first kappa shape index (κ1) is 21.6. The number of aryl methyl sites for hydroxylation is 1. The van der Waals surface area contributed by atoms with Crippen LogP contribution >= 0.6 is 0 Å². The van der Waals surface area contributed by atoms with E-state index < -0.39 is 12.1 Å². The van der Waals surface area contributed by atoms with Gasteiger partial charge >= 0.3 is 6.03 Å². The number of aromatic amines is 1. The van der Waals surface area contributed by atoms with E-state index in [1.807, 2.05) is 62.8 Å². The number of anilines is 1. The maximum Gasteiger partial charge on any atom is 0.324 e. The van der Waals surface area contributed by atoms with Gasteiger partial charge in [0.2, 0.25) is 5.91 Å². The van der Waals surface area contributed by atoms with Gasteiger partial charge in [-0.05, 0) is 45.7 Å². The van der Waals surface area contributed by atoms with E-state index in [2.05, 4.69) is 20.7 Å². The highest BCUT2D eigenvalue weighted by Gasteiger charge is 2.39. The van der Waals surface area contributed by atoms with Crippen LogP contribution in [0.2, 0.25) is 0 Å². The molecule has 0 aliphatic carbocycles. The van der Waals surface area contributed by atoms with Crippen LogP contribution in [0.3, 0.4) is 0 Å². The van der Waals surface area contributed by atoms with Crippen LogP contribution in [0, 0.1) is 13.8 Å². The number of amides is 4. The number of H-pyrrole nitrogens is 1. The molecule has 3 N–H and O–H groups in total. The summed E-state index contributed by atoms with van der Waals surface area (Å²) in [5.41, 5.74) is 4.27. The molecule has 0 radical (unpaired) electrons. The second-order valence-electron chi connectivity index (χ2n) is 8.44. The summed E-state index contributed by atoms with van der Waals surface area (Å²) in [7, 11) is 0. The SMILES string of the molecule is Cc1nn(C(C)C)c(C)c1NC(=O)C[C@H]1NC(=O)N(CCc2c[nH]c3ccccc23)C1=O. The summed E-state index contributed by atoms with van der Waals surface area (Å²) in [5.74, 6) is -0.715. The minimum absolute atomic E-state index is 0.125. The van der Waals surface area contributed by atoms with Crippen LogP contribution in [0.15, 0.2) is 30.5 Å². The number of rotatable bonds is 7. The predicted octanol–water partition coefficient (Wildman–Crippen LogP) is 3.05. The number of nitrogens with zero attached hydrogens (tertiary/aromatic N) is 3. The Labute approximate surface area is 186 Å². The smallest absolute Gasteiger partial charge is 0.324 e. The Kier molecular flexibility index (Phi) is 5.73. The third-order valence-electron chi connectivity index (χ3n) is 5.85. The Bertz CT molecular complexity index is 1190. The fourth-order valence-corrected chi connectivity index (χ4v) is 4.22. The zero-order valence-corrected chi connectivity index (χ0v) is 18.7. The summed E-state index contributed by atoms with van der Waals surface area (Å²) in [6, 6.07) is 6.73. The monoisotopic (exact) mass is 436 g/mol. The second-order valence-corrected chi connectivity index (χ2v) is 8.44. The molecule has 4 rings (SSSR count). The van der Waals surface area contributed by atoms with Crippen LogP contribution in [0.5, 0.6) is 0 Å². The predicted molar refractivity (Wildman–Crippen MR) is 121 cm³/mol. The molecule has 0 saturated carbocycles. The number of benzene rings is 1. The van der Waals surface area contributed by atoms with Gasteiger partial charge in [-0.15, -0.1) is 0 Å². The Hall–Kier alpha value is -3.62. The fraction of sp³-hybridized carbons (Fsp3) is 0.391. The van der Waals surface area contributed by atoms with Crippen molar-refractivity contribution in [3.8, 4) is 0 Å². The Morgan fingerprint density at radius 3 is 2.69 bits per heavy atom. The lowest BCUT2D eigenvalue weighted by atomic mass is 10.1. The molecule has 1 fully saturated rings. The van der Waals surface area contributed by atoms with Crippen LogP contribution in [-0.4, -0.2) is 50.1 Å². The van der Waals surface area contributed by atoms with Crippen molar-refractivity contribution in [3.05, 3.63) is 47.4 Å². The quantitative estimate of drug-likeness (QED) is 0.494. The van der Waals surface area contributed by atoms with Crippen LogP contribution < -0.4 is 10.6 Å². The van der Waals surface area contributed by atoms with Crippen molar-refractivity contribution in [3.63, 3.8) is 0 Å². The molecule has 4 amide bonds. The number of urea groups is 1. The van der Waals surface area contributed by atoms with Crippen molar-refractivity contribution in [2.75, 3.05) is 11.9 Å². The highest BCUT2D eigenvalue weighted by atomic mass is 16.2. The Morgan fingerprint density at radius 1 is 1.22 bits per heavy atom. The lowest BCUT2D eigenvalue weighted by Crippen LogP contribution is -2.35. The summed E-state index contributed by atoms with van der Waals surface area (Å²) in [6.45, 7) is 8.01. The van der Waals surface area contributed by atoms with Crippen molar-refractivity contribution in [2.24, 2.45) is 0 Å². The Morgan fingerprint density at radius 2 is 1.97 bits per heavy atom. The minimum Gasteiger partial charge on any atom is -0.361 e. The molecule has 1 aliphatic heterocycles. The molecule has 32 heavy (non-hydrogen) atoms. The summed E-state index contributed by atoms with van der Waals surface area (Å²) in [6.07, 6.45) is 2.31. The van der Waals surface area contributed by atoms with E-state index in [0.717, 1.165) is 22.2 Å². The molecular formula is C23H28N6O3. The first-order chi connectivity index (χ1) is 15.3. The molecule has 0 bridgehead atoms. The summed E-state index contributed by atoms with van der Waals surface area (Å²) in [5, 5.41) is 11.0. The molecule has 9 nitrogen and oxygen atoms in total. The van der Waals surface area contributed by atoms with E-state index in [4.69, 9.17) is 0 Å². The normalized spacial score (nSPS) is 16.3. The Balaban J connectivity index is 1.38. The van der Waals surface area contributed by atoms with Crippen LogP contribution in [0.4, 0.5) is 10.5 Å². The van der Waals surface area contributed by atoms with E-state index in [1.165, 1.54) is 4.90 Å². The first-order valence-electron chi connectivity index (χ1n) is 10.8. The van der Waals surface area contributed by atoms with Crippen LogP contribution in [0.25, 0.3) is 10.9 Å². The van der Waals surface area contributed by atoms with Gasteiger partial charge in [0, 0.05) is 29.7 Å². The number of fused-ring (bicyclic) bond motifs is 1. The topological polar surface area (TPSA) is 112 Å². The standard InChI is InChI=1S/C23H28N6O3/c1-13(2)29-15(4)21(14(3)27-29)26-20(30)11-19-22(31)28(23(32)25-19)10-9-16-12-24-18-8-6-5-7-17(16)18/h5-8,12-13,19,24H,9-11H2,1-4H3,(H,25,32)(H,26,30)/t19-/m1/s1. The van der Waals surface area contributed by atoms with E-state index in [0.29, 0.717) is 17.8 Å². The number of hydrogen-bond donors (Lipinski definition) is 3. The molecule has 1 aromatic carbocycles. The number of carbonyl (C=O) groups excluding carboxylic acids is 3. The number of nitrogens with one attached hydrogen (secondary N) is 3. The molecule has 2 aromatic heterocycles. The molecular weight excluding hydrogens is 408 g/mol. The number of para-hydroxylation sites is 1. The molecule has 9 heteroatoms. The third kappa shape index (κ3) is 3.98. The van der Waals surface area contributed by atoms with Gasteiger partial charge in [-0.1, -0.05) is 18.2 Å². The molecule has 1 aliphatic rings. The van der Waals surface area contributed by atoms with Crippen LogP contribution in [-0.2, 0) is 16.0 Å². The van der Waals surface area contributed by atoms with E-state index in [9.17, 15) is 14.4 Å². The molecule has 1 atom stereocenters. The van der Waals surface area contributed by atoms with Crippen molar-refractivity contribution in [1.82, 2.24) is 25.0 Å². The first-order valence-corrected chi connectivity index (χ1v) is 10.8. The number of aromatic nitrogens is 3. The van der Waals surface area contributed by atoms with E-state index in [-0.39, 0.29) is 30.8 Å². The lowest BCUT2D eigenvalue weighted by Gasteiger charge is -2.13. The van der Waals surface area contributed by atoms with Gasteiger partial charge in [0.05, 0.1) is 23.5 Å². The van der Waals surface area contributed by atoms with Gasteiger partial charge in [-0.25, -0.2) is 4.79 Å². The highest BCUT2D eigenvalue weighted by Crippen LogP contribution is 2.23. The van der Waals surface area contributed by atoms with Gasteiger partial charge in [0.1, 0.15) is 6.04 Å². The molecule has 168 valence electrons. The van der Waals surface area contributed by atoms with Gasteiger partial charge in [0.15, 0.2) is 0 Å². The van der Waals surface area contributed by atoms with Gasteiger partial charge in [-0.3, -0.25) is 19.2 Å². The number of hydrogen-bond acceptors (Lipinski definition) is 4. The highest BCUT2D eigenvalue weighted by molar-refractivity contribution is 6.07. The minimum atomic E-state index is -0.869. The lowest BCUT2D eigenvalue weighted by molar-refractivity contribution is -0.129. The van der Waals surface area contributed by atoms with E-state index >= 15 is 0 Å². The third-order valence-corrected chi connectivity index (χ3v) is 5.85. The van der Waals surface area contributed by atoms with Crippen molar-refractivity contribution in [1.29, 1.82) is 0 Å². The zero-order chi connectivity index (χ0) is 23.0. The van der Waals surface area contributed by atoms with Gasteiger partial charge in [0.25, 0.3) is 5.91 Å². The van der Waals surface area contributed by atoms with Gasteiger partial charge in [-0.2, -0.15) is 5.10 Å². The average Bonchev–Trinajstić information content (AvgIpc) is 3.37. The molecule has 0 unspecified atom stereocenters. The van der Waals surface area contributed by atoms with Gasteiger partial charge < -0.3 is 15.6 Å². The molecule has 3 aromatic rings. The summed E-state index contributed by atoms with van der Waals surface area (Å²) < 4.78 is 1.85. The fourth-order valence-electron chi connectivity index (χ4n) is 4.22. The number of carbonyl (C=O) groups is 3. The second kappa shape index (κ2) is 8.49. The largest absolute Gasteiger partial charge is 0.361 e. The molecule has 1 saturated heterocycles. The van der Waals surface area contributed by atoms with Crippen molar-refractivity contribution < 1.29 is 14.4 Å².